The molecule has 13 heavy (non-hydrogen) atoms. The van der Waals surface area contributed by atoms with Crippen LogP contribution in [-0.2, 0) is 4.79 Å². The molecule has 2 heteroatoms. The minimum absolute atomic E-state index is 0.0219. The fraction of sp³-hybridized carbons (Fsp3) is 0.273. The predicted octanol–water partition coefficient (Wildman–Crippen LogP) is 2.49. The molecular weight excluding hydrogens is 162 g/mol. The molecule has 0 heterocycles. The second-order valence-corrected chi connectivity index (χ2v) is 3.22. The van der Waals surface area contributed by atoms with Gasteiger partial charge in [-0.15, -0.1) is 0 Å². The summed E-state index contributed by atoms with van der Waals surface area (Å²) in [7, 11) is 0. The molecule has 0 fully saturated rings. The number of anilines is 1. The Labute approximate surface area is 79.0 Å². The minimum atomic E-state index is 0.0219. The summed E-state index contributed by atoms with van der Waals surface area (Å²) >= 11 is 0. The van der Waals surface area contributed by atoms with Gasteiger partial charge >= 0.3 is 0 Å². The molecule has 1 unspecified atom stereocenters. The summed E-state index contributed by atoms with van der Waals surface area (Å²) in [5.41, 5.74) is 0.841. The van der Waals surface area contributed by atoms with Crippen LogP contribution in [0.3, 0.4) is 0 Å². The summed E-state index contributed by atoms with van der Waals surface area (Å²) in [6, 6.07) is 9.43. The van der Waals surface area contributed by atoms with Gasteiger partial charge in [-0.3, -0.25) is 4.79 Å². The fourth-order valence-corrected chi connectivity index (χ4v) is 1.05. The maximum Gasteiger partial charge on any atom is 0.224 e. The second-order valence-electron chi connectivity index (χ2n) is 3.22. The summed E-state index contributed by atoms with van der Waals surface area (Å²) in [5, 5.41) is 2.79. The zero-order valence-electron chi connectivity index (χ0n) is 7.79. The van der Waals surface area contributed by atoms with E-state index in [2.05, 4.69) is 12.2 Å². The largest absolute Gasteiger partial charge is 0.326 e. The van der Waals surface area contributed by atoms with Crippen LogP contribution in [0.25, 0.3) is 0 Å². The van der Waals surface area contributed by atoms with E-state index in [0.29, 0.717) is 6.42 Å². The Kier molecular flexibility index (Phi) is 3.50. The van der Waals surface area contributed by atoms with Crippen LogP contribution >= 0.6 is 0 Å². The van der Waals surface area contributed by atoms with Gasteiger partial charge in [0.05, 0.1) is 0 Å². The van der Waals surface area contributed by atoms with Crippen molar-refractivity contribution in [3.05, 3.63) is 37.3 Å². The highest BCUT2D eigenvalue weighted by Gasteiger charge is 2.03. The number of nitrogens with one attached hydrogen (secondary N) is 1. The van der Waals surface area contributed by atoms with Gasteiger partial charge < -0.3 is 5.32 Å². The van der Waals surface area contributed by atoms with E-state index < -0.39 is 0 Å². The van der Waals surface area contributed by atoms with Crippen LogP contribution in [0.2, 0.25) is 0 Å². The van der Waals surface area contributed by atoms with E-state index in [-0.39, 0.29) is 11.8 Å². The molecule has 0 spiro atoms. The molecule has 1 aromatic carbocycles. The SMILES string of the molecule is [CH2]C(C)CC(=O)Nc1ccccc1. The van der Waals surface area contributed by atoms with Gasteiger partial charge in [-0.25, -0.2) is 0 Å². The van der Waals surface area contributed by atoms with E-state index in [9.17, 15) is 4.79 Å². The zero-order valence-corrected chi connectivity index (χ0v) is 7.79. The van der Waals surface area contributed by atoms with Crippen LogP contribution in [0, 0.1) is 12.8 Å². The lowest BCUT2D eigenvalue weighted by Gasteiger charge is -2.06. The first-order valence-electron chi connectivity index (χ1n) is 4.36. The molecule has 1 amide bonds. The molecule has 0 saturated carbocycles. The summed E-state index contributed by atoms with van der Waals surface area (Å²) in [6.45, 7) is 5.68. The highest BCUT2D eigenvalue weighted by molar-refractivity contribution is 5.90. The fourth-order valence-electron chi connectivity index (χ4n) is 1.05. The van der Waals surface area contributed by atoms with Gasteiger partial charge in [-0.05, 0) is 25.0 Å². The Morgan fingerprint density at radius 3 is 2.62 bits per heavy atom. The van der Waals surface area contributed by atoms with Gasteiger partial charge in [0.15, 0.2) is 0 Å². The van der Waals surface area contributed by atoms with Gasteiger partial charge in [-0.1, -0.05) is 25.1 Å². The monoisotopic (exact) mass is 176 g/mol. The predicted molar refractivity (Wildman–Crippen MR) is 54.2 cm³/mol. The van der Waals surface area contributed by atoms with E-state index in [4.69, 9.17) is 0 Å². The van der Waals surface area contributed by atoms with Crippen molar-refractivity contribution in [3.63, 3.8) is 0 Å². The van der Waals surface area contributed by atoms with Crippen molar-refractivity contribution < 1.29 is 4.79 Å². The van der Waals surface area contributed by atoms with Crippen molar-refractivity contribution in [2.24, 2.45) is 5.92 Å². The van der Waals surface area contributed by atoms with Crippen LogP contribution < -0.4 is 5.32 Å². The van der Waals surface area contributed by atoms with Gasteiger partial charge in [0, 0.05) is 12.1 Å². The Bertz CT molecular complexity index is 267. The van der Waals surface area contributed by atoms with Crippen molar-refractivity contribution >= 4 is 11.6 Å². The number of hydrogen-bond donors (Lipinski definition) is 1. The summed E-state index contributed by atoms with van der Waals surface area (Å²) in [5.74, 6) is 0.178. The molecule has 1 rings (SSSR count). The molecule has 0 aromatic heterocycles. The van der Waals surface area contributed by atoms with Gasteiger partial charge in [0.2, 0.25) is 5.91 Å². The highest BCUT2D eigenvalue weighted by Crippen LogP contribution is 2.07. The third-order valence-corrected chi connectivity index (χ3v) is 1.59. The molecule has 69 valence electrons. The quantitative estimate of drug-likeness (QED) is 0.753. The average molecular weight is 176 g/mol. The highest BCUT2D eigenvalue weighted by atomic mass is 16.1. The standard InChI is InChI=1S/C11H14NO/c1-9(2)8-11(13)12-10-6-4-3-5-7-10/h3-7,9H,1,8H2,2H3,(H,12,13). The first kappa shape index (κ1) is 9.78. The van der Waals surface area contributed by atoms with E-state index in [1.165, 1.54) is 0 Å². The number of amides is 1. The zero-order chi connectivity index (χ0) is 9.68. The molecule has 1 radical (unpaired) electrons. The smallest absolute Gasteiger partial charge is 0.224 e. The van der Waals surface area contributed by atoms with Gasteiger partial charge in [0.25, 0.3) is 0 Å². The van der Waals surface area contributed by atoms with E-state index in [0.717, 1.165) is 5.69 Å². The van der Waals surface area contributed by atoms with Gasteiger partial charge in [0.1, 0.15) is 0 Å². The van der Waals surface area contributed by atoms with Crippen LogP contribution in [0.4, 0.5) is 5.69 Å². The summed E-state index contributed by atoms with van der Waals surface area (Å²) in [6.07, 6.45) is 0.467. The third kappa shape index (κ3) is 3.74. The molecule has 1 N–H and O–H groups in total. The van der Waals surface area contributed by atoms with Crippen molar-refractivity contribution in [2.45, 2.75) is 13.3 Å². The number of carbonyl (C=O) groups excluding carboxylic acids is 1. The van der Waals surface area contributed by atoms with Crippen LogP contribution in [-0.4, -0.2) is 5.91 Å². The van der Waals surface area contributed by atoms with Crippen molar-refractivity contribution in [2.75, 3.05) is 5.32 Å². The lowest BCUT2D eigenvalue weighted by atomic mass is 10.1. The Balaban J connectivity index is 2.46. The molecule has 0 bridgehead atoms. The van der Waals surface area contributed by atoms with Crippen molar-refractivity contribution in [3.8, 4) is 0 Å². The lowest BCUT2D eigenvalue weighted by Crippen LogP contribution is -2.13. The first-order chi connectivity index (χ1) is 6.18. The van der Waals surface area contributed by atoms with Crippen molar-refractivity contribution in [1.82, 2.24) is 0 Å². The number of para-hydroxylation sites is 1. The van der Waals surface area contributed by atoms with Crippen molar-refractivity contribution in [1.29, 1.82) is 0 Å². The normalized spacial score (nSPS) is 10.1. The van der Waals surface area contributed by atoms with Crippen LogP contribution in [0.5, 0.6) is 0 Å². The minimum Gasteiger partial charge on any atom is -0.326 e. The second kappa shape index (κ2) is 4.65. The maximum atomic E-state index is 11.3. The Hall–Kier alpha value is -1.31. The first-order valence-corrected chi connectivity index (χ1v) is 4.36. The summed E-state index contributed by atoms with van der Waals surface area (Å²) in [4.78, 5) is 11.3. The molecule has 2 nitrogen and oxygen atoms in total. The molecule has 0 aliphatic heterocycles. The van der Waals surface area contributed by atoms with E-state index in [1.807, 2.05) is 37.3 Å². The molecule has 0 saturated heterocycles. The Morgan fingerprint density at radius 2 is 2.08 bits per heavy atom. The van der Waals surface area contributed by atoms with Crippen LogP contribution in [0.1, 0.15) is 13.3 Å². The van der Waals surface area contributed by atoms with Crippen LogP contribution in [0.15, 0.2) is 30.3 Å². The van der Waals surface area contributed by atoms with E-state index >= 15 is 0 Å². The number of carbonyl (C=O) groups is 1. The molecule has 1 atom stereocenters. The number of benzene rings is 1. The molecular formula is C11H14NO. The molecule has 0 aliphatic rings. The average Bonchev–Trinajstić information content (AvgIpc) is 2.04. The number of rotatable bonds is 3. The molecule has 1 aromatic rings. The topological polar surface area (TPSA) is 29.1 Å². The lowest BCUT2D eigenvalue weighted by molar-refractivity contribution is -0.116. The molecule has 0 aliphatic carbocycles. The summed E-state index contributed by atoms with van der Waals surface area (Å²) < 4.78 is 0. The van der Waals surface area contributed by atoms with E-state index in [1.54, 1.807) is 0 Å². The van der Waals surface area contributed by atoms with Gasteiger partial charge in [-0.2, -0.15) is 0 Å². The number of hydrogen-bond acceptors (Lipinski definition) is 1. The maximum absolute atomic E-state index is 11.3. The Morgan fingerprint density at radius 1 is 1.46 bits per heavy atom. The third-order valence-electron chi connectivity index (χ3n) is 1.59.